The SMILES string of the molecule is COc1nc(OC)nc(C(O)c2c(C)ccc(F)c2NS(=O)(=O)C(F)F)n1. The second-order valence-corrected chi connectivity index (χ2v) is 6.78. The fraction of sp³-hybridized carbons (Fsp3) is 0.357. The predicted octanol–water partition coefficient (Wildman–Crippen LogP) is 1.38. The number of aliphatic hydroxyl groups excluding tert-OH is 1. The Kier molecular flexibility index (Phi) is 6.05. The lowest BCUT2D eigenvalue weighted by molar-refractivity contribution is 0.203. The van der Waals surface area contributed by atoms with Crippen molar-refractivity contribution in [3.8, 4) is 12.0 Å². The molecule has 9 nitrogen and oxygen atoms in total. The Morgan fingerprint density at radius 1 is 1.11 bits per heavy atom. The van der Waals surface area contributed by atoms with E-state index >= 15 is 0 Å². The maximum Gasteiger partial charge on any atom is 0.355 e. The molecule has 0 bridgehead atoms. The number of hydrogen-bond acceptors (Lipinski definition) is 8. The van der Waals surface area contributed by atoms with E-state index in [0.717, 1.165) is 6.07 Å². The highest BCUT2D eigenvalue weighted by atomic mass is 32.2. The van der Waals surface area contributed by atoms with Gasteiger partial charge in [0.15, 0.2) is 5.82 Å². The number of ether oxygens (including phenoxy) is 2. The van der Waals surface area contributed by atoms with E-state index < -0.39 is 33.4 Å². The van der Waals surface area contributed by atoms with Gasteiger partial charge in [-0.25, -0.2) is 12.8 Å². The zero-order chi connectivity index (χ0) is 20.4. The van der Waals surface area contributed by atoms with Crippen LogP contribution in [0.1, 0.15) is 23.1 Å². The zero-order valence-electron chi connectivity index (χ0n) is 14.3. The minimum Gasteiger partial charge on any atom is -0.467 e. The van der Waals surface area contributed by atoms with Crippen molar-refractivity contribution in [1.29, 1.82) is 0 Å². The summed E-state index contributed by atoms with van der Waals surface area (Å²) in [6.45, 7) is 1.41. The second-order valence-electron chi connectivity index (χ2n) is 5.13. The van der Waals surface area contributed by atoms with Crippen LogP contribution in [-0.2, 0) is 10.0 Å². The third kappa shape index (κ3) is 4.36. The van der Waals surface area contributed by atoms with Crippen LogP contribution in [0.3, 0.4) is 0 Å². The van der Waals surface area contributed by atoms with Crippen molar-refractivity contribution < 1.29 is 36.2 Å². The summed E-state index contributed by atoms with van der Waals surface area (Å²) in [7, 11) is -2.72. The second kappa shape index (κ2) is 7.92. The van der Waals surface area contributed by atoms with E-state index in [0.29, 0.717) is 0 Å². The monoisotopic (exact) mass is 408 g/mol. The molecule has 1 atom stereocenters. The molecule has 2 rings (SSSR count). The molecule has 0 spiro atoms. The van der Waals surface area contributed by atoms with E-state index in [1.165, 1.54) is 31.9 Å². The first-order valence-electron chi connectivity index (χ1n) is 7.21. The van der Waals surface area contributed by atoms with Gasteiger partial charge in [0.25, 0.3) is 10.0 Å². The molecule has 0 radical (unpaired) electrons. The normalized spacial score (nSPS) is 12.7. The number of sulfonamides is 1. The molecule has 1 heterocycles. The van der Waals surface area contributed by atoms with Crippen LogP contribution >= 0.6 is 0 Å². The summed E-state index contributed by atoms with van der Waals surface area (Å²) >= 11 is 0. The zero-order valence-corrected chi connectivity index (χ0v) is 15.1. The summed E-state index contributed by atoms with van der Waals surface area (Å²) in [6, 6.07) is 1.62. The molecule has 0 fully saturated rings. The van der Waals surface area contributed by atoms with Crippen LogP contribution in [0.25, 0.3) is 0 Å². The Labute approximate surface area is 152 Å². The molecular formula is C14H15F3N4O5S. The van der Waals surface area contributed by atoms with Crippen LogP contribution in [0, 0.1) is 12.7 Å². The van der Waals surface area contributed by atoms with Gasteiger partial charge in [0.05, 0.1) is 19.9 Å². The number of aliphatic hydroxyl groups is 1. The number of methoxy groups -OCH3 is 2. The van der Waals surface area contributed by atoms with Crippen LogP contribution in [0.2, 0.25) is 0 Å². The number of aromatic nitrogens is 3. The number of anilines is 1. The predicted molar refractivity (Wildman–Crippen MR) is 86.7 cm³/mol. The maximum atomic E-state index is 14.2. The third-order valence-electron chi connectivity index (χ3n) is 3.39. The third-order valence-corrected chi connectivity index (χ3v) is 4.34. The topological polar surface area (TPSA) is 124 Å². The lowest BCUT2D eigenvalue weighted by Gasteiger charge is -2.19. The van der Waals surface area contributed by atoms with Gasteiger partial charge in [0.2, 0.25) is 0 Å². The molecule has 0 aliphatic rings. The van der Waals surface area contributed by atoms with E-state index in [-0.39, 0.29) is 29.0 Å². The molecule has 0 aliphatic heterocycles. The van der Waals surface area contributed by atoms with E-state index in [4.69, 9.17) is 9.47 Å². The lowest BCUT2D eigenvalue weighted by Crippen LogP contribution is -2.23. The smallest absolute Gasteiger partial charge is 0.355 e. The number of halogens is 3. The highest BCUT2D eigenvalue weighted by Crippen LogP contribution is 2.34. The molecular weight excluding hydrogens is 393 g/mol. The number of hydrogen-bond donors (Lipinski definition) is 2. The number of alkyl halides is 2. The molecule has 1 unspecified atom stereocenters. The Morgan fingerprint density at radius 3 is 2.15 bits per heavy atom. The first-order chi connectivity index (χ1) is 12.6. The largest absolute Gasteiger partial charge is 0.467 e. The van der Waals surface area contributed by atoms with Crippen molar-refractivity contribution in [2.45, 2.75) is 18.8 Å². The van der Waals surface area contributed by atoms with Crippen molar-refractivity contribution in [1.82, 2.24) is 15.0 Å². The van der Waals surface area contributed by atoms with Crippen molar-refractivity contribution in [3.05, 3.63) is 34.9 Å². The molecule has 13 heteroatoms. The lowest BCUT2D eigenvalue weighted by atomic mass is 10.0. The molecule has 0 aliphatic carbocycles. The van der Waals surface area contributed by atoms with Crippen molar-refractivity contribution in [3.63, 3.8) is 0 Å². The van der Waals surface area contributed by atoms with Gasteiger partial charge in [-0.05, 0) is 18.6 Å². The minimum absolute atomic E-state index is 0.189. The summed E-state index contributed by atoms with van der Waals surface area (Å²) in [6.07, 6.45) is -1.80. The highest BCUT2D eigenvalue weighted by Gasteiger charge is 2.30. The summed E-state index contributed by atoms with van der Waals surface area (Å²) in [4.78, 5) is 11.3. The quantitative estimate of drug-likeness (QED) is 0.704. The highest BCUT2D eigenvalue weighted by molar-refractivity contribution is 7.93. The Bertz CT molecular complexity index is 920. The molecule has 1 aromatic heterocycles. The van der Waals surface area contributed by atoms with E-state index in [9.17, 15) is 26.7 Å². The van der Waals surface area contributed by atoms with E-state index in [2.05, 4.69) is 15.0 Å². The number of aryl methyl sites for hydroxylation is 1. The average Bonchev–Trinajstić information content (AvgIpc) is 2.63. The fourth-order valence-corrected chi connectivity index (χ4v) is 2.71. The molecule has 148 valence electrons. The Balaban J connectivity index is 2.63. The van der Waals surface area contributed by atoms with Gasteiger partial charge in [0, 0.05) is 5.56 Å². The molecule has 0 saturated heterocycles. The van der Waals surface area contributed by atoms with Gasteiger partial charge in [0.1, 0.15) is 11.9 Å². The van der Waals surface area contributed by atoms with Crippen molar-refractivity contribution in [2.24, 2.45) is 0 Å². The van der Waals surface area contributed by atoms with Gasteiger partial charge in [-0.15, -0.1) is 4.98 Å². The number of nitrogens with one attached hydrogen (secondary N) is 1. The van der Waals surface area contributed by atoms with Crippen molar-refractivity contribution >= 4 is 15.7 Å². The van der Waals surface area contributed by atoms with Crippen LogP contribution in [0.5, 0.6) is 12.0 Å². The number of benzene rings is 1. The Hall–Kier alpha value is -2.67. The van der Waals surface area contributed by atoms with Crippen LogP contribution in [0.4, 0.5) is 18.9 Å². The number of nitrogens with zero attached hydrogens (tertiary/aromatic N) is 3. The van der Waals surface area contributed by atoms with Gasteiger partial charge < -0.3 is 14.6 Å². The van der Waals surface area contributed by atoms with E-state index in [1.54, 1.807) is 0 Å². The van der Waals surface area contributed by atoms with E-state index in [1.807, 2.05) is 0 Å². The molecule has 0 saturated carbocycles. The molecule has 1 aromatic carbocycles. The molecule has 2 N–H and O–H groups in total. The fourth-order valence-electron chi connectivity index (χ4n) is 2.13. The maximum absolute atomic E-state index is 14.2. The Morgan fingerprint density at radius 2 is 1.67 bits per heavy atom. The summed E-state index contributed by atoms with van der Waals surface area (Å²) in [5.41, 5.74) is -1.01. The van der Waals surface area contributed by atoms with Crippen molar-refractivity contribution in [2.75, 3.05) is 18.9 Å². The minimum atomic E-state index is -5.19. The molecule has 27 heavy (non-hydrogen) atoms. The standard InChI is InChI=1S/C14H15F3N4O5S/c1-6-4-5-7(15)9(21-27(23,24)12(16)17)8(6)10(22)11-18-13(25-2)20-14(19-11)26-3/h4-5,10,12,21-22H,1-3H3. The van der Waals surface area contributed by atoms with Crippen LogP contribution in [0.15, 0.2) is 12.1 Å². The van der Waals surface area contributed by atoms with Gasteiger partial charge in [-0.1, -0.05) is 6.07 Å². The van der Waals surface area contributed by atoms with Gasteiger partial charge in [-0.2, -0.15) is 18.7 Å². The van der Waals surface area contributed by atoms with Gasteiger partial charge in [-0.3, -0.25) is 4.72 Å². The van der Waals surface area contributed by atoms with Gasteiger partial charge >= 0.3 is 17.8 Å². The first-order valence-corrected chi connectivity index (χ1v) is 8.76. The first kappa shape index (κ1) is 20.6. The molecule has 0 amide bonds. The summed E-state index contributed by atoms with van der Waals surface area (Å²) < 4.78 is 73.7. The molecule has 2 aromatic rings. The number of rotatable bonds is 7. The summed E-state index contributed by atoms with van der Waals surface area (Å²) in [5.74, 6) is -5.35. The van der Waals surface area contributed by atoms with Crippen LogP contribution < -0.4 is 14.2 Å². The average molecular weight is 408 g/mol. The van der Waals surface area contributed by atoms with Crippen LogP contribution in [-0.4, -0.2) is 48.5 Å². The summed E-state index contributed by atoms with van der Waals surface area (Å²) in [5, 5.41) is 10.6.